The number of anilines is 3. The number of carbonyl (C=O) groups excluding carboxylic acids is 2. The zero-order valence-electron chi connectivity index (χ0n) is 19.9. The van der Waals surface area contributed by atoms with Gasteiger partial charge in [0.25, 0.3) is 5.91 Å². The summed E-state index contributed by atoms with van der Waals surface area (Å²) in [5.41, 5.74) is 0.882. The van der Waals surface area contributed by atoms with E-state index in [-0.39, 0.29) is 17.5 Å². The number of hydrogen-bond acceptors (Lipinski definition) is 5. The number of hydrogen-bond donors (Lipinski definition) is 3. The van der Waals surface area contributed by atoms with Gasteiger partial charge in [0.05, 0.1) is 28.0 Å². The number of alkyl halides is 3. The maximum atomic E-state index is 13.7. The Hall–Kier alpha value is -3.96. The SMILES string of the molecule is O=C(N[C@@H]1CCCNC1)c1sc2nccc3c2c1NC(=O)N3c1cccc(-c2ccccc2C(F)(F)F)c1. The number of nitrogens with one attached hydrogen (secondary N) is 3. The summed E-state index contributed by atoms with van der Waals surface area (Å²) in [7, 11) is 0. The van der Waals surface area contributed by atoms with Gasteiger partial charge in [-0.25, -0.2) is 9.78 Å². The van der Waals surface area contributed by atoms with Gasteiger partial charge >= 0.3 is 12.2 Å². The van der Waals surface area contributed by atoms with Gasteiger partial charge in [-0.3, -0.25) is 9.69 Å². The fraction of sp³-hybridized carbons (Fsp3) is 0.222. The normalized spacial score (nSPS) is 17.4. The summed E-state index contributed by atoms with van der Waals surface area (Å²) in [4.78, 5) is 33.3. The Morgan fingerprint density at radius 2 is 1.97 bits per heavy atom. The summed E-state index contributed by atoms with van der Waals surface area (Å²) in [6, 6.07) is 12.9. The van der Waals surface area contributed by atoms with E-state index >= 15 is 0 Å². The first kappa shape index (κ1) is 24.4. The molecular formula is C27H22F3N5O2S. The number of carbonyl (C=O) groups is 2. The summed E-state index contributed by atoms with van der Waals surface area (Å²) >= 11 is 1.19. The molecule has 1 fully saturated rings. The minimum atomic E-state index is -4.53. The lowest BCUT2D eigenvalue weighted by molar-refractivity contribution is -0.137. The molecule has 6 rings (SSSR count). The number of halogens is 3. The molecule has 3 amide bonds. The van der Waals surface area contributed by atoms with Crippen molar-refractivity contribution < 1.29 is 22.8 Å². The number of piperidine rings is 1. The van der Waals surface area contributed by atoms with Crippen molar-refractivity contribution in [2.24, 2.45) is 0 Å². The Kier molecular flexibility index (Phi) is 6.04. The highest BCUT2D eigenvalue weighted by atomic mass is 32.1. The van der Waals surface area contributed by atoms with Crippen molar-refractivity contribution in [1.82, 2.24) is 15.6 Å². The van der Waals surface area contributed by atoms with Crippen LogP contribution in [0, 0.1) is 0 Å². The van der Waals surface area contributed by atoms with Crippen LogP contribution in [0.5, 0.6) is 0 Å². The maximum Gasteiger partial charge on any atom is 0.417 e. The molecule has 4 heterocycles. The van der Waals surface area contributed by atoms with E-state index in [0.29, 0.717) is 44.3 Å². The van der Waals surface area contributed by atoms with E-state index < -0.39 is 17.8 Å². The van der Waals surface area contributed by atoms with E-state index in [4.69, 9.17) is 0 Å². The van der Waals surface area contributed by atoms with Gasteiger partial charge in [-0.05, 0) is 54.8 Å². The van der Waals surface area contributed by atoms with Gasteiger partial charge in [0.15, 0.2) is 0 Å². The largest absolute Gasteiger partial charge is 0.417 e. The number of aromatic nitrogens is 1. The first-order chi connectivity index (χ1) is 18.3. The Morgan fingerprint density at radius 1 is 1.13 bits per heavy atom. The van der Waals surface area contributed by atoms with Gasteiger partial charge in [0, 0.05) is 18.8 Å². The number of benzene rings is 2. The Balaban J connectivity index is 1.40. The molecule has 0 unspecified atom stereocenters. The number of nitrogens with zero attached hydrogens (tertiary/aromatic N) is 2. The van der Waals surface area contributed by atoms with Crippen molar-refractivity contribution in [3.63, 3.8) is 0 Å². The second-order valence-corrected chi connectivity index (χ2v) is 10.2. The predicted octanol–water partition coefficient (Wildman–Crippen LogP) is 6.15. The fourth-order valence-electron chi connectivity index (χ4n) is 5.02. The average molecular weight is 538 g/mol. The summed E-state index contributed by atoms with van der Waals surface area (Å²) in [6.45, 7) is 1.60. The topological polar surface area (TPSA) is 86.4 Å². The minimum absolute atomic E-state index is 0.000743. The zero-order chi connectivity index (χ0) is 26.4. The van der Waals surface area contributed by atoms with Crippen molar-refractivity contribution in [1.29, 1.82) is 0 Å². The molecule has 2 aliphatic heterocycles. The van der Waals surface area contributed by atoms with Gasteiger partial charge in [-0.2, -0.15) is 13.2 Å². The summed E-state index contributed by atoms with van der Waals surface area (Å²) in [5.74, 6) is -0.276. The van der Waals surface area contributed by atoms with Crippen LogP contribution in [0.2, 0.25) is 0 Å². The third kappa shape index (κ3) is 4.27. The maximum absolute atomic E-state index is 13.7. The zero-order valence-corrected chi connectivity index (χ0v) is 20.7. The summed E-state index contributed by atoms with van der Waals surface area (Å²) < 4.78 is 41.0. The highest BCUT2D eigenvalue weighted by Crippen LogP contribution is 2.46. The van der Waals surface area contributed by atoms with E-state index in [0.717, 1.165) is 25.5 Å². The van der Waals surface area contributed by atoms with Gasteiger partial charge < -0.3 is 16.0 Å². The third-order valence-corrected chi connectivity index (χ3v) is 7.83. The summed E-state index contributed by atoms with van der Waals surface area (Å²) in [6.07, 6.45) is -1.13. The molecule has 11 heteroatoms. The molecule has 1 atom stereocenters. The number of rotatable bonds is 4. The van der Waals surface area contributed by atoms with Crippen LogP contribution in [0.4, 0.5) is 35.0 Å². The highest BCUT2D eigenvalue weighted by molar-refractivity contribution is 7.21. The third-order valence-electron chi connectivity index (χ3n) is 6.73. The minimum Gasteiger partial charge on any atom is -0.347 e. The van der Waals surface area contributed by atoms with E-state index in [1.54, 1.807) is 42.6 Å². The number of urea groups is 1. The molecule has 0 aliphatic carbocycles. The molecule has 194 valence electrons. The first-order valence-corrected chi connectivity index (χ1v) is 12.9. The summed E-state index contributed by atoms with van der Waals surface area (Å²) in [5, 5.41) is 9.75. The van der Waals surface area contributed by atoms with Gasteiger partial charge in [-0.1, -0.05) is 30.3 Å². The van der Waals surface area contributed by atoms with Crippen LogP contribution < -0.4 is 20.9 Å². The fourth-order valence-corrected chi connectivity index (χ4v) is 6.04. The van der Waals surface area contributed by atoms with E-state index in [2.05, 4.69) is 20.9 Å². The smallest absolute Gasteiger partial charge is 0.347 e. The molecular weight excluding hydrogens is 515 g/mol. The number of amides is 3. The molecule has 38 heavy (non-hydrogen) atoms. The molecule has 0 saturated carbocycles. The second-order valence-electron chi connectivity index (χ2n) is 9.19. The Morgan fingerprint density at radius 3 is 2.76 bits per heavy atom. The average Bonchev–Trinajstić information content (AvgIpc) is 3.28. The van der Waals surface area contributed by atoms with Crippen LogP contribution in [-0.2, 0) is 6.18 Å². The van der Waals surface area contributed by atoms with Crippen LogP contribution in [0.25, 0.3) is 21.3 Å². The van der Waals surface area contributed by atoms with Crippen LogP contribution >= 0.6 is 11.3 Å². The molecule has 2 aromatic heterocycles. The standard InChI is InChI=1S/C27H22F3N5O2S/c28-27(29,30)19-9-2-1-8-18(19)15-5-3-7-17(13-15)35-20-10-12-32-25-21(20)22(34-26(35)37)23(38-25)24(36)33-16-6-4-11-31-14-16/h1-3,5,7-10,12-13,16,31H,4,6,11,14H2,(H,33,36)(H,34,37)/t16-/m1/s1. The van der Waals surface area contributed by atoms with Crippen molar-refractivity contribution in [2.45, 2.75) is 25.1 Å². The molecule has 4 aromatic rings. The lowest BCUT2D eigenvalue weighted by Gasteiger charge is -2.29. The molecule has 2 aromatic carbocycles. The molecule has 1 saturated heterocycles. The van der Waals surface area contributed by atoms with E-state index in [1.165, 1.54) is 28.4 Å². The first-order valence-electron chi connectivity index (χ1n) is 12.1. The van der Waals surface area contributed by atoms with Crippen molar-refractivity contribution >= 4 is 50.6 Å². The molecule has 2 aliphatic rings. The molecule has 0 bridgehead atoms. The lowest BCUT2D eigenvalue weighted by atomic mass is 9.98. The highest BCUT2D eigenvalue weighted by Gasteiger charge is 2.35. The molecule has 3 N–H and O–H groups in total. The van der Waals surface area contributed by atoms with Gasteiger partial charge in [-0.15, -0.1) is 11.3 Å². The number of pyridine rings is 1. The van der Waals surface area contributed by atoms with Crippen molar-refractivity contribution in [3.8, 4) is 11.1 Å². The van der Waals surface area contributed by atoms with E-state index in [1.807, 2.05) is 0 Å². The van der Waals surface area contributed by atoms with Crippen molar-refractivity contribution in [3.05, 3.63) is 71.2 Å². The Bertz CT molecular complexity index is 1560. The van der Waals surface area contributed by atoms with Crippen molar-refractivity contribution in [2.75, 3.05) is 23.3 Å². The quantitative estimate of drug-likeness (QED) is 0.292. The Labute approximate surface area is 219 Å². The number of thiophene rings is 1. The van der Waals surface area contributed by atoms with Crippen LogP contribution in [0.1, 0.15) is 28.1 Å². The van der Waals surface area contributed by atoms with E-state index in [9.17, 15) is 22.8 Å². The molecule has 7 nitrogen and oxygen atoms in total. The molecule has 0 spiro atoms. The van der Waals surface area contributed by atoms with Crippen LogP contribution in [0.15, 0.2) is 60.8 Å². The second kappa shape index (κ2) is 9.41. The van der Waals surface area contributed by atoms with Crippen LogP contribution in [0.3, 0.4) is 0 Å². The van der Waals surface area contributed by atoms with Crippen LogP contribution in [-0.4, -0.2) is 36.1 Å². The molecule has 0 radical (unpaired) electrons. The van der Waals surface area contributed by atoms with Gasteiger partial charge in [0.2, 0.25) is 0 Å². The van der Waals surface area contributed by atoms with Gasteiger partial charge in [0.1, 0.15) is 9.71 Å². The predicted molar refractivity (Wildman–Crippen MR) is 141 cm³/mol. The lowest BCUT2D eigenvalue weighted by Crippen LogP contribution is -2.45. The monoisotopic (exact) mass is 537 g/mol.